The van der Waals surface area contributed by atoms with Crippen LogP contribution in [0.15, 0.2) is 12.2 Å². The zero-order valence-electron chi connectivity index (χ0n) is 10.0. The van der Waals surface area contributed by atoms with E-state index >= 15 is 0 Å². The van der Waals surface area contributed by atoms with E-state index < -0.39 is 6.09 Å². The Hall–Kier alpha value is -0.380. The number of halogens is 1. The first-order valence-corrected chi connectivity index (χ1v) is 6.82. The molecule has 1 heterocycles. The minimum atomic E-state index is -0.463. The van der Waals surface area contributed by atoms with Crippen LogP contribution < -0.4 is 3.53 Å². The molecule has 1 N–H and O–H groups in total. The Morgan fingerprint density at radius 1 is 1.28 bits per heavy atom. The molecule has 0 bridgehead atoms. The summed E-state index contributed by atoms with van der Waals surface area (Å²) in [6.07, 6.45) is 4.20. The number of carbonyl (C=O) groups is 1. The summed E-state index contributed by atoms with van der Waals surface area (Å²) in [5.74, 6) is 0. The molecule has 4 unspecified atom stereocenters. The molecular weight excluding hydrogens is 353 g/mol. The van der Waals surface area contributed by atoms with Gasteiger partial charge in [-0.15, -0.1) is 0 Å². The number of rotatable bonds is 2. The van der Waals surface area contributed by atoms with Crippen molar-refractivity contribution in [2.24, 2.45) is 0 Å². The monoisotopic (exact) mass is 369 g/mol. The molecule has 0 aromatic rings. The summed E-state index contributed by atoms with van der Waals surface area (Å²) in [6, 6.07) is 0. The summed E-state index contributed by atoms with van der Waals surface area (Å²) in [4.78, 5) is 11.2. The van der Waals surface area contributed by atoms with Crippen LogP contribution >= 0.6 is 22.9 Å². The zero-order chi connectivity index (χ0) is 13.0. The number of ether oxygens (including phenoxy) is 4. The van der Waals surface area contributed by atoms with Crippen LogP contribution in [0.25, 0.3) is 0 Å². The fourth-order valence-electron chi connectivity index (χ4n) is 2.15. The van der Waals surface area contributed by atoms with Gasteiger partial charge >= 0.3 is 6.09 Å². The summed E-state index contributed by atoms with van der Waals surface area (Å²) in [6.45, 7) is 0.289. The average molecular weight is 369 g/mol. The highest BCUT2D eigenvalue weighted by atomic mass is 127. The van der Waals surface area contributed by atoms with Gasteiger partial charge in [0.1, 0.15) is 12.9 Å². The molecular formula is C11H16INO5. The Kier molecular flexibility index (Phi) is 5.22. The fraction of sp³-hybridized carbons (Fsp3) is 0.727. The van der Waals surface area contributed by atoms with E-state index in [0.717, 1.165) is 6.42 Å². The zero-order valence-corrected chi connectivity index (χ0v) is 12.2. The van der Waals surface area contributed by atoms with E-state index in [-0.39, 0.29) is 31.2 Å². The van der Waals surface area contributed by atoms with Gasteiger partial charge in [0.2, 0.25) is 0 Å². The largest absolute Gasteiger partial charge is 0.441 e. The van der Waals surface area contributed by atoms with Gasteiger partial charge in [-0.2, -0.15) is 0 Å². The molecule has 1 aliphatic carbocycles. The molecule has 0 radical (unpaired) electrons. The molecule has 0 aromatic carbocycles. The van der Waals surface area contributed by atoms with Crippen molar-refractivity contribution in [1.29, 1.82) is 0 Å². The highest BCUT2D eigenvalue weighted by molar-refractivity contribution is 14.1. The van der Waals surface area contributed by atoms with Crippen LogP contribution in [0.3, 0.4) is 0 Å². The van der Waals surface area contributed by atoms with Crippen molar-refractivity contribution in [2.75, 3.05) is 13.9 Å². The predicted molar refractivity (Wildman–Crippen MR) is 71.2 cm³/mol. The molecule has 2 rings (SSSR count). The van der Waals surface area contributed by atoms with Gasteiger partial charge < -0.3 is 18.9 Å². The maximum Gasteiger partial charge on any atom is 0.416 e. The van der Waals surface area contributed by atoms with Gasteiger partial charge in [-0.25, -0.2) is 4.79 Å². The summed E-state index contributed by atoms with van der Waals surface area (Å²) >= 11 is 1.74. The third-order valence-electron chi connectivity index (χ3n) is 3.09. The lowest BCUT2D eigenvalue weighted by Crippen LogP contribution is -2.34. The Morgan fingerprint density at radius 3 is 2.50 bits per heavy atom. The van der Waals surface area contributed by atoms with Crippen molar-refractivity contribution >= 4 is 29.0 Å². The summed E-state index contributed by atoms with van der Waals surface area (Å²) in [5, 5.41) is 0. The SMILES string of the molecule is COC1/C=C/C(OC(=O)NI)CC2OCOC2C1. The quantitative estimate of drug-likeness (QED) is 0.455. The third-order valence-corrected chi connectivity index (χ3v) is 3.53. The molecule has 18 heavy (non-hydrogen) atoms. The average Bonchev–Trinajstić information content (AvgIpc) is 2.77. The summed E-state index contributed by atoms with van der Waals surface area (Å²) < 4.78 is 24.0. The minimum Gasteiger partial charge on any atom is -0.441 e. The molecule has 0 aromatic heterocycles. The van der Waals surface area contributed by atoms with Crippen molar-refractivity contribution < 1.29 is 23.7 Å². The molecule has 4 atom stereocenters. The minimum absolute atomic E-state index is 0.00587. The highest BCUT2D eigenvalue weighted by Crippen LogP contribution is 2.26. The van der Waals surface area contributed by atoms with Crippen LogP contribution in [-0.2, 0) is 18.9 Å². The van der Waals surface area contributed by atoms with E-state index in [4.69, 9.17) is 18.9 Å². The lowest BCUT2D eigenvalue weighted by atomic mass is 9.97. The van der Waals surface area contributed by atoms with Gasteiger partial charge in [-0.3, -0.25) is 3.53 Å². The second-order valence-electron chi connectivity index (χ2n) is 4.20. The van der Waals surface area contributed by atoms with Crippen LogP contribution in [0.2, 0.25) is 0 Å². The first kappa shape index (κ1) is 14.0. The molecule has 102 valence electrons. The lowest BCUT2D eigenvalue weighted by Gasteiger charge is -2.26. The smallest absolute Gasteiger partial charge is 0.416 e. The van der Waals surface area contributed by atoms with Crippen LogP contribution in [0.5, 0.6) is 0 Å². The molecule has 1 fully saturated rings. The maximum absolute atomic E-state index is 11.2. The van der Waals surface area contributed by atoms with Gasteiger partial charge in [-0.1, -0.05) is 6.08 Å². The molecule has 0 saturated carbocycles. The topological polar surface area (TPSA) is 66.0 Å². The first-order valence-electron chi connectivity index (χ1n) is 5.74. The predicted octanol–water partition coefficient (Wildman–Crippen LogP) is 1.54. The molecule has 7 heteroatoms. The van der Waals surface area contributed by atoms with Crippen molar-refractivity contribution in [1.82, 2.24) is 3.53 Å². The van der Waals surface area contributed by atoms with E-state index in [2.05, 4.69) is 3.53 Å². The number of hydrogen-bond acceptors (Lipinski definition) is 5. The fourth-order valence-corrected chi connectivity index (χ4v) is 2.28. The van der Waals surface area contributed by atoms with Gasteiger partial charge in [-0.05, 0) is 6.08 Å². The second kappa shape index (κ2) is 6.69. The Morgan fingerprint density at radius 2 is 1.89 bits per heavy atom. The molecule has 2 aliphatic rings. The van der Waals surface area contributed by atoms with E-state index in [1.807, 2.05) is 12.2 Å². The van der Waals surface area contributed by atoms with Gasteiger partial charge in [0.15, 0.2) is 0 Å². The number of methoxy groups -OCH3 is 1. The normalized spacial score (nSPS) is 37.2. The van der Waals surface area contributed by atoms with E-state index in [0.29, 0.717) is 6.42 Å². The lowest BCUT2D eigenvalue weighted by molar-refractivity contribution is 0.0254. The van der Waals surface area contributed by atoms with Crippen molar-refractivity contribution in [3.63, 3.8) is 0 Å². The standard InChI is InChI=1S/C11H16INO5/c1-15-7-2-3-8(18-11(14)13-12)5-10-9(4-7)16-6-17-10/h2-3,7-10H,4-6H2,1H3,(H,13,14)/b3-2+. The van der Waals surface area contributed by atoms with E-state index in [1.165, 1.54) is 0 Å². The number of amides is 1. The van der Waals surface area contributed by atoms with Crippen LogP contribution in [0.1, 0.15) is 12.8 Å². The Bertz CT molecular complexity index is 325. The molecule has 1 saturated heterocycles. The van der Waals surface area contributed by atoms with Crippen LogP contribution in [0, 0.1) is 0 Å². The third kappa shape index (κ3) is 3.56. The Balaban J connectivity index is 2.05. The van der Waals surface area contributed by atoms with Crippen LogP contribution in [-0.4, -0.2) is 44.4 Å². The molecule has 6 nitrogen and oxygen atoms in total. The van der Waals surface area contributed by atoms with Crippen molar-refractivity contribution in [3.05, 3.63) is 12.2 Å². The van der Waals surface area contributed by atoms with Crippen molar-refractivity contribution in [3.8, 4) is 0 Å². The molecule has 0 spiro atoms. The number of nitrogens with one attached hydrogen (secondary N) is 1. The summed E-state index contributed by atoms with van der Waals surface area (Å²) in [7, 11) is 1.65. The Labute approximate surface area is 119 Å². The highest BCUT2D eigenvalue weighted by Gasteiger charge is 2.35. The maximum atomic E-state index is 11.2. The number of carbonyl (C=O) groups excluding carboxylic acids is 1. The second-order valence-corrected chi connectivity index (χ2v) is 4.74. The van der Waals surface area contributed by atoms with E-state index in [9.17, 15) is 4.79 Å². The number of hydrogen-bond donors (Lipinski definition) is 1. The van der Waals surface area contributed by atoms with Crippen LogP contribution in [0.4, 0.5) is 4.79 Å². The number of fused-ring (bicyclic) bond motifs is 1. The van der Waals surface area contributed by atoms with Gasteiger partial charge in [0, 0.05) is 20.0 Å². The van der Waals surface area contributed by atoms with Gasteiger partial charge in [0.25, 0.3) is 0 Å². The molecule has 1 aliphatic heterocycles. The first-order chi connectivity index (χ1) is 8.72. The summed E-state index contributed by atoms with van der Waals surface area (Å²) in [5.41, 5.74) is 0. The van der Waals surface area contributed by atoms with Crippen molar-refractivity contribution in [2.45, 2.75) is 37.3 Å². The molecule has 1 amide bonds. The van der Waals surface area contributed by atoms with Gasteiger partial charge in [0.05, 0.1) is 41.2 Å². The van der Waals surface area contributed by atoms with E-state index in [1.54, 1.807) is 30.0 Å².